The number of amides is 1. The van der Waals surface area contributed by atoms with Crippen molar-refractivity contribution in [2.24, 2.45) is 0 Å². The molecule has 0 saturated heterocycles. The molecule has 1 atom stereocenters. The zero-order chi connectivity index (χ0) is 16.1. The molecule has 0 aliphatic carbocycles. The Balaban J connectivity index is 1.96. The fourth-order valence-electron chi connectivity index (χ4n) is 1.64. The average molecular weight is 405 g/mol. The molecule has 0 spiro atoms. The normalized spacial score (nSPS) is 12.0. The van der Waals surface area contributed by atoms with E-state index in [1.54, 1.807) is 25.1 Å². The second-order valence-corrected chi connectivity index (χ2v) is 6.93. The van der Waals surface area contributed by atoms with E-state index >= 15 is 0 Å². The third-order valence-corrected chi connectivity index (χ3v) is 4.48. The van der Waals surface area contributed by atoms with Crippen LogP contribution in [0.25, 0.3) is 0 Å². The van der Waals surface area contributed by atoms with E-state index in [0.717, 1.165) is 17.8 Å². The van der Waals surface area contributed by atoms with Crippen LogP contribution in [0.1, 0.15) is 25.3 Å². The highest BCUT2D eigenvalue weighted by atomic mass is 79.9. The predicted molar refractivity (Wildman–Crippen MR) is 91.8 cm³/mol. The number of ether oxygens (including phenoxy) is 1. The van der Waals surface area contributed by atoms with E-state index in [9.17, 15) is 4.79 Å². The molecule has 8 heteroatoms. The van der Waals surface area contributed by atoms with Gasteiger partial charge < -0.3 is 4.74 Å². The van der Waals surface area contributed by atoms with Gasteiger partial charge in [0, 0.05) is 11.4 Å². The first-order valence-electron chi connectivity index (χ1n) is 6.74. The first kappa shape index (κ1) is 17.2. The average Bonchev–Trinajstić information content (AvgIpc) is 2.89. The predicted octanol–water partition coefficient (Wildman–Crippen LogP) is 4.31. The quantitative estimate of drug-likeness (QED) is 0.779. The number of nitrogens with zero attached hydrogens (tertiary/aromatic N) is 2. The fourth-order valence-corrected chi connectivity index (χ4v) is 3.26. The lowest BCUT2D eigenvalue weighted by Crippen LogP contribution is -2.30. The van der Waals surface area contributed by atoms with E-state index in [4.69, 9.17) is 16.3 Å². The maximum absolute atomic E-state index is 12.1. The first-order valence-corrected chi connectivity index (χ1v) is 8.73. The van der Waals surface area contributed by atoms with E-state index < -0.39 is 6.10 Å². The van der Waals surface area contributed by atoms with E-state index in [1.165, 1.54) is 11.3 Å². The highest BCUT2D eigenvalue weighted by molar-refractivity contribution is 9.10. The number of aryl methyl sites for hydroxylation is 1. The summed E-state index contributed by atoms with van der Waals surface area (Å²) in [5.74, 6) is 0.275. The number of hydrogen-bond donors (Lipinski definition) is 1. The minimum Gasteiger partial charge on any atom is -0.480 e. The van der Waals surface area contributed by atoms with Crippen LogP contribution in [0.15, 0.2) is 22.7 Å². The van der Waals surface area contributed by atoms with Gasteiger partial charge in [-0.1, -0.05) is 29.9 Å². The Bertz CT molecular complexity index is 665. The van der Waals surface area contributed by atoms with Gasteiger partial charge in [-0.05, 0) is 47.5 Å². The maximum atomic E-state index is 12.1. The summed E-state index contributed by atoms with van der Waals surface area (Å²) in [6.45, 7) is 3.74. The largest absolute Gasteiger partial charge is 0.480 e. The van der Waals surface area contributed by atoms with Crippen LogP contribution >= 0.6 is 38.9 Å². The molecule has 2 aromatic rings. The van der Waals surface area contributed by atoms with Crippen LogP contribution in [0.2, 0.25) is 5.02 Å². The lowest BCUT2D eigenvalue weighted by atomic mass is 10.3. The summed E-state index contributed by atoms with van der Waals surface area (Å²) >= 11 is 10.6. The number of carbonyl (C=O) groups is 1. The smallest absolute Gasteiger partial charge is 0.266 e. The van der Waals surface area contributed by atoms with Gasteiger partial charge >= 0.3 is 0 Å². The molecule has 1 heterocycles. The van der Waals surface area contributed by atoms with Crippen molar-refractivity contribution < 1.29 is 9.53 Å². The molecule has 1 amide bonds. The molecule has 118 valence electrons. The Labute approximate surface area is 146 Å². The lowest BCUT2D eigenvalue weighted by Gasteiger charge is -2.14. The van der Waals surface area contributed by atoms with Crippen LogP contribution in [0.5, 0.6) is 5.75 Å². The summed E-state index contributed by atoms with van der Waals surface area (Å²) in [5, 5.41) is 12.7. The highest BCUT2D eigenvalue weighted by Crippen LogP contribution is 2.29. The Hall–Kier alpha value is -1.18. The summed E-state index contributed by atoms with van der Waals surface area (Å²) < 4.78 is 6.32. The number of anilines is 1. The molecule has 5 nitrogen and oxygen atoms in total. The third kappa shape index (κ3) is 4.66. The molecule has 1 aromatic carbocycles. The maximum Gasteiger partial charge on any atom is 0.266 e. The summed E-state index contributed by atoms with van der Waals surface area (Å²) in [6.07, 6.45) is 1.18. The molecular formula is C14H15BrClN3O2S. The highest BCUT2D eigenvalue weighted by Gasteiger charge is 2.18. The third-order valence-electron chi connectivity index (χ3n) is 2.73. The van der Waals surface area contributed by atoms with Crippen molar-refractivity contribution in [3.8, 4) is 5.75 Å². The van der Waals surface area contributed by atoms with E-state index in [1.807, 2.05) is 0 Å². The molecule has 0 radical (unpaired) electrons. The summed E-state index contributed by atoms with van der Waals surface area (Å²) in [6, 6.07) is 5.12. The van der Waals surface area contributed by atoms with Crippen molar-refractivity contribution in [1.29, 1.82) is 0 Å². The Morgan fingerprint density at radius 2 is 2.27 bits per heavy atom. The van der Waals surface area contributed by atoms with Gasteiger partial charge in [0.25, 0.3) is 5.91 Å². The van der Waals surface area contributed by atoms with Gasteiger partial charge in [0.15, 0.2) is 6.10 Å². The van der Waals surface area contributed by atoms with Crippen LogP contribution < -0.4 is 10.1 Å². The molecule has 22 heavy (non-hydrogen) atoms. The number of aromatic nitrogens is 2. The van der Waals surface area contributed by atoms with Crippen LogP contribution in [0.4, 0.5) is 5.13 Å². The summed E-state index contributed by atoms with van der Waals surface area (Å²) in [7, 11) is 0. The van der Waals surface area contributed by atoms with Crippen molar-refractivity contribution in [2.75, 3.05) is 5.32 Å². The molecule has 1 aromatic heterocycles. The number of nitrogens with one attached hydrogen (secondary N) is 1. The zero-order valence-electron chi connectivity index (χ0n) is 12.1. The SMILES string of the molecule is CCCc1nnc(NC(=O)C(C)Oc2ccc(Cl)cc2Br)s1. The molecule has 0 aliphatic heterocycles. The second-order valence-electron chi connectivity index (χ2n) is 4.58. The van der Waals surface area contributed by atoms with Crippen molar-refractivity contribution in [2.45, 2.75) is 32.8 Å². The minimum absolute atomic E-state index is 0.277. The van der Waals surface area contributed by atoms with Crippen molar-refractivity contribution in [3.05, 3.63) is 32.7 Å². The Morgan fingerprint density at radius 3 is 2.95 bits per heavy atom. The van der Waals surface area contributed by atoms with Crippen molar-refractivity contribution >= 4 is 49.9 Å². The van der Waals surface area contributed by atoms with Gasteiger partial charge in [-0.2, -0.15) is 0 Å². The molecule has 0 aliphatic rings. The van der Waals surface area contributed by atoms with Crippen molar-refractivity contribution in [1.82, 2.24) is 10.2 Å². The zero-order valence-corrected chi connectivity index (χ0v) is 15.3. The number of halogens is 2. The monoisotopic (exact) mass is 403 g/mol. The molecule has 0 bridgehead atoms. The van der Waals surface area contributed by atoms with Gasteiger partial charge in [-0.25, -0.2) is 0 Å². The summed E-state index contributed by atoms with van der Waals surface area (Å²) in [5.41, 5.74) is 0. The fraction of sp³-hybridized carbons (Fsp3) is 0.357. The van der Waals surface area contributed by atoms with E-state index in [0.29, 0.717) is 20.4 Å². The molecule has 0 fully saturated rings. The first-order chi connectivity index (χ1) is 10.5. The standard InChI is InChI=1S/C14H15BrClN3O2S/c1-3-4-12-18-19-14(22-12)17-13(20)8(2)21-11-6-5-9(16)7-10(11)15/h5-8H,3-4H2,1-2H3,(H,17,19,20). The number of benzene rings is 1. The molecule has 2 rings (SSSR count). The van der Waals surface area contributed by atoms with E-state index in [-0.39, 0.29) is 5.91 Å². The van der Waals surface area contributed by atoms with Crippen LogP contribution in [0, 0.1) is 0 Å². The molecular weight excluding hydrogens is 390 g/mol. The molecule has 0 saturated carbocycles. The Kier molecular flexibility index (Phi) is 6.16. The van der Waals surface area contributed by atoms with Gasteiger partial charge in [0.1, 0.15) is 10.8 Å². The van der Waals surface area contributed by atoms with Crippen molar-refractivity contribution in [3.63, 3.8) is 0 Å². The number of hydrogen-bond acceptors (Lipinski definition) is 5. The van der Waals surface area contributed by atoms with E-state index in [2.05, 4.69) is 38.4 Å². The van der Waals surface area contributed by atoms with Crippen LogP contribution in [0.3, 0.4) is 0 Å². The number of rotatable bonds is 6. The molecule has 1 N–H and O–H groups in total. The lowest BCUT2D eigenvalue weighted by molar-refractivity contribution is -0.122. The molecule has 1 unspecified atom stereocenters. The summed E-state index contributed by atoms with van der Waals surface area (Å²) in [4.78, 5) is 12.1. The second kappa shape index (κ2) is 7.89. The Morgan fingerprint density at radius 1 is 1.50 bits per heavy atom. The van der Waals surface area contributed by atoms with Gasteiger partial charge in [-0.3, -0.25) is 10.1 Å². The van der Waals surface area contributed by atoms with Gasteiger partial charge in [0.2, 0.25) is 5.13 Å². The van der Waals surface area contributed by atoms with Crippen LogP contribution in [-0.2, 0) is 11.2 Å². The topological polar surface area (TPSA) is 64.1 Å². The number of carbonyl (C=O) groups excluding carboxylic acids is 1. The minimum atomic E-state index is -0.670. The van der Waals surface area contributed by atoms with Crippen LogP contribution in [-0.4, -0.2) is 22.2 Å². The van der Waals surface area contributed by atoms with Gasteiger partial charge in [0.05, 0.1) is 4.47 Å². The van der Waals surface area contributed by atoms with Gasteiger partial charge in [-0.15, -0.1) is 10.2 Å².